The summed E-state index contributed by atoms with van der Waals surface area (Å²) in [6.45, 7) is 1.89. The summed E-state index contributed by atoms with van der Waals surface area (Å²) in [5, 5.41) is 0. The van der Waals surface area contributed by atoms with Crippen LogP contribution in [-0.4, -0.2) is 27.9 Å². The van der Waals surface area contributed by atoms with Gasteiger partial charge in [0.15, 0.2) is 0 Å². The summed E-state index contributed by atoms with van der Waals surface area (Å²) >= 11 is 0. The summed E-state index contributed by atoms with van der Waals surface area (Å²) in [6, 6.07) is 0. The average Bonchev–Trinajstić information content (AvgIpc) is 2.20. The Hall–Kier alpha value is -1.34. The van der Waals surface area contributed by atoms with Gasteiger partial charge in [-0.3, -0.25) is 0 Å². The smallest absolute Gasteiger partial charge is 0.321 e. The fourth-order valence-corrected chi connectivity index (χ4v) is 1.98. The van der Waals surface area contributed by atoms with E-state index in [4.69, 9.17) is 10.5 Å². The maximum Gasteiger partial charge on any atom is 0.321 e. The number of ether oxygens (including phenoxy) is 1. The number of nitrogens with two attached hydrogens (primary N) is 1. The lowest BCUT2D eigenvalue weighted by atomic mass is 10.1. The number of allylic oxidation sites excluding steroid dienone is 2. The third kappa shape index (κ3) is 3.35. The Labute approximate surface area is 95.1 Å². The third-order valence-corrected chi connectivity index (χ3v) is 3.09. The van der Waals surface area contributed by atoms with E-state index < -0.39 is 10.2 Å². The number of amidine groups is 1. The van der Waals surface area contributed by atoms with Gasteiger partial charge in [-0.15, -0.1) is 4.40 Å². The second-order valence-corrected chi connectivity index (χ2v) is 4.68. The van der Waals surface area contributed by atoms with Crippen molar-refractivity contribution in [3.8, 4) is 0 Å². The van der Waals surface area contributed by atoms with Gasteiger partial charge in [0.25, 0.3) is 0 Å². The monoisotopic (exact) mass is 245 g/mol. The highest BCUT2D eigenvalue weighted by molar-refractivity contribution is 7.88. The molecular formula is C9H15N3O3S. The molecule has 0 aromatic carbocycles. The highest BCUT2D eigenvalue weighted by Crippen LogP contribution is 2.12. The second kappa shape index (κ2) is 5.13. The average molecular weight is 245 g/mol. The minimum atomic E-state index is -3.72. The van der Waals surface area contributed by atoms with Crippen LogP contribution >= 0.6 is 0 Å². The molecule has 7 heteroatoms. The Bertz CT molecular complexity index is 437. The van der Waals surface area contributed by atoms with Crippen molar-refractivity contribution in [2.24, 2.45) is 16.0 Å². The minimum absolute atomic E-state index is 0.00380. The molecule has 3 N–H and O–H groups in total. The molecule has 0 aromatic rings. The van der Waals surface area contributed by atoms with Crippen molar-refractivity contribution < 1.29 is 13.2 Å². The number of nitrogens with zero attached hydrogens (tertiary/aromatic N) is 1. The zero-order valence-corrected chi connectivity index (χ0v) is 9.99. The Morgan fingerprint density at radius 1 is 1.62 bits per heavy atom. The molecule has 1 aliphatic heterocycles. The van der Waals surface area contributed by atoms with E-state index >= 15 is 0 Å². The molecule has 0 saturated heterocycles. The van der Waals surface area contributed by atoms with Crippen LogP contribution in [0, 0.1) is 5.92 Å². The molecule has 1 rings (SSSR count). The molecule has 16 heavy (non-hydrogen) atoms. The largest absolute Gasteiger partial charge is 0.500 e. The van der Waals surface area contributed by atoms with E-state index in [1.807, 2.05) is 0 Å². The molecule has 0 aliphatic carbocycles. The van der Waals surface area contributed by atoms with Gasteiger partial charge in [-0.1, -0.05) is 12.2 Å². The summed E-state index contributed by atoms with van der Waals surface area (Å²) in [5.74, 6) is 0.176. The lowest BCUT2D eigenvalue weighted by Gasteiger charge is -2.14. The third-order valence-electron chi connectivity index (χ3n) is 2.11. The summed E-state index contributed by atoms with van der Waals surface area (Å²) in [7, 11) is -2.21. The van der Waals surface area contributed by atoms with Gasteiger partial charge in [0.1, 0.15) is 11.6 Å². The molecule has 1 atom stereocenters. The van der Waals surface area contributed by atoms with Crippen LogP contribution in [0.25, 0.3) is 0 Å². The Morgan fingerprint density at radius 3 is 2.94 bits per heavy atom. The van der Waals surface area contributed by atoms with E-state index in [1.54, 1.807) is 25.2 Å². The van der Waals surface area contributed by atoms with E-state index in [2.05, 4.69) is 9.12 Å². The summed E-state index contributed by atoms with van der Waals surface area (Å²) in [5.41, 5.74) is 5.60. The molecule has 90 valence electrons. The molecule has 0 aromatic heterocycles. The number of hydrogen-bond donors (Lipinski definition) is 2. The van der Waals surface area contributed by atoms with Crippen LogP contribution in [0.3, 0.4) is 0 Å². The van der Waals surface area contributed by atoms with E-state index in [-0.39, 0.29) is 18.3 Å². The molecule has 6 nitrogen and oxygen atoms in total. The maximum absolute atomic E-state index is 11.4. The number of nitrogens with one attached hydrogen (secondary N) is 1. The highest BCUT2D eigenvalue weighted by atomic mass is 32.2. The molecule has 0 fully saturated rings. The minimum Gasteiger partial charge on any atom is -0.500 e. The predicted octanol–water partition coefficient (Wildman–Crippen LogP) is -0.0858. The fraction of sp³-hybridized carbons (Fsp3) is 0.444. The highest BCUT2D eigenvalue weighted by Gasteiger charge is 2.17. The van der Waals surface area contributed by atoms with E-state index in [9.17, 15) is 8.42 Å². The fourth-order valence-electron chi connectivity index (χ4n) is 1.17. The van der Waals surface area contributed by atoms with Crippen LogP contribution in [0.2, 0.25) is 0 Å². The zero-order chi connectivity index (χ0) is 12.2. The van der Waals surface area contributed by atoms with Gasteiger partial charge in [0.2, 0.25) is 0 Å². The van der Waals surface area contributed by atoms with Gasteiger partial charge in [-0.25, -0.2) is 0 Å². The van der Waals surface area contributed by atoms with Crippen molar-refractivity contribution in [2.75, 3.05) is 13.7 Å². The van der Waals surface area contributed by atoms with Crippen LogP contribution in [0.4, 0.5) is 0 Å². The molecule has 0 bridgehead atoms. The normalized spacial score (nSPS) is 30.8. The number of hydrogen-bond acceptors (Lipinski definition) is 4. The van der Waals surface area contributed by atoms with E-state index in [0.29, 0.717) is 5.76 Å². The Balaban J connectivity index is 3.15. The number of rotatable bonds is 1. The van der Waals surface area contributed by atoms with Crippen molar-refractivity contribution in [3.05, 3.63) is 24.0 Å². The predicted molar refractivity (Wildman–Crippen MR) is 61.9 cm³/mol. The van der Waals surface area contributed by atoms with Gasteiger partial charge in [-0.05, 0) is 13.0 Å². The topological polar surface area (TPSA) is 93.8 Å². The Kier molecular flexibility index (Phi) is 4.08. The van der Waals surface area contributed by atoms with Gasteiger partial charge in [-0.2, -0.15) is 13.1 Å². The van der Waals surface area contributed by atoms with Crippen molar-refractivity contribution in [3.63, 3.8) is 0 Å². The van der Waals surface area contributed by atoms with Gasteiger partial charge in [0, 0.05) is 6.54 Å². The lowest BCUT2D eigenvalue weighted by Crippen LogP contribution is -2.30. The van der Waals surface area contributed by atoms with Crippen LogP contribution in [0.5, 0.6) is 0 Å². The maximum atomic E-state index is 11.4. The van der Waals surface area contributed by atoms with Crippen molar-refractivity contribution in [2.45, 2.75) is 6.92 Å². The van der Waals surface area contributed by atoms with Crippen molar-refractivity contribution >= 4 is 16.0 Å². The molecule has 1 heterocycles. The van der Waals surface area contributed by atoms with Crippen LogP contribution in [0.1, 0.15) is 6.92 Å². The summed E-state index contributed by atoms with van der Waals surface area (Å²) in [4.78, 5) is 0. The first-order valence-corrected chi connectivity index (χ1v) is 6.16. The second-order valence-electron chi connectivity index (χ2n) is 3.26. The summed E-state index contributed by atoms with van der Waals surface area (Å²) in [6.07, 6.45) is 5.09. The molecule has 1 unspecified atom stereocenters. The van der Waals surface area contributed by atoms with Gasteiger partial charge < -0.3 is 10.5 Å². The SMILES string of the molecule is CO/C1=C/C=C\CNS(=O)(=O)N=C(N)C1C. The molecule has 0 spiro atoms. The first kappa shape index (κ1) is 12.7. The van der Waals surface area contributed by atoms with Gasteiger partial charge in [0.05, 0.1) is 13.0 Å². The van der Waals surface area contributed by atoms with Crippen LogP contribution < -0.4 is 10.5 Å². The lowest BCUT2D eigenvalue weighted by molar-refractivity contribution is 0.266. The first-order chi connectivity index (χ1) is 7.46. The van der Waals surface area contributed by atoms with Crippen molar-refractivity contribution in [1.29, 1.82) is 0 Å². The van der Waals surface area contributed by atoms with Gasteiger partial charge >= 0.3 is 10.2 Å². The van der Waals surface area contributed by atoms with E-state index in [1.165, 1.54) is 7.11 Å². The van der Waals surface area contributed by atoms with Crippen LogP contribution in [0.15, 0.2) is 28.4 Å². The molecule has 0 saturated carbocycles. The molecule has 1 aliphatic rings. The zero-order valence-electron chi connectivity index (χ0n) is 9.17. The quantitative estimate of drug-likeness (QED) is 0.675. The molecule has 0 amide bonds. The number of methoxy groups -OCH3 is 1. The van der Waals surface area contributed by atoms with Crippen LogP contribution in [-0.2, 0) is 14.9 Å². The summed E-state index contributed by atoms with van der Waals surface area (Å²) < 4.78 is 33.6. The molecular weight excluding hydrogens is 230 g/mol. The van der Waals surface area contributed by atoms with Crippen molar-refractivity contribution in [1.82, 2.24) is 4.72 Å². The standard InChI is InChI=1S/C9H15N3O3S/c1-7-8(15-2)5-3-4-6-11-16(13,14)12-9(7)10/h3-5,7,11H,6H2,1-2H3,(H2,10,12)/b4-3-,8-5+. The Morgan fingerprint density at radius 2 is 2.31 bits per heavy atom. The molecule has 0 radical (unpaired) electrons. The van der Waals surface area contributed by atoms with E-state index in [0.717, 1.165) is 0 Å². The first-order valence-electron chi connectivity index (χ1n) is 4.72.